The second-order valence-electron chi connectivity index (χ2n) is 8.72. The predicted octanol–water partition coefficient (Wildman–Crippen LogP) is 3.62. The van der Waals surface area contributed by atoms with Gasteiger partial charge in [0, 0.05) is 19.2 Å². The van der Waals surface area contributed by atoms with Crippen LogP contribution in [0.25, 0.3) is 0 Å². The van der Waals surface area contributed by atoms with Crippen molar-refractivity contribution in [2.24, 2.45) is 5.41 Å². The standard InChI is InChI=1S/C24H23N3O4S2/c1-23(13-25)14-32-33-24(11-16-6-4-3-5-7-16)22(29)27(12-20(28)26(24)2)21(23)17-8-9-18-19(10-17)31-15-30-18/h3-10,21H,11-12,14-15H2,1-2H3/t21?,23-,24+/m0/s1. The quantitative estimate of drug-likeness (QED) is 0.619. The molecule has 0 N–H and O–H groups in total. The van der Waals surface area contributed by atoms with Crippen molar-refractivity contribution in [3.8, 4) is 17.6 Å². The van der Waals surface area contributed by atoms with Gasteiger partial charge in [-0.05, 0) is 30.2 Å². The van der Waals surface area contributed by atoms with E-state index in [1.54, 1.807) is 22.9 Å². The molecule has 3 atom stereocenters. The van der Waals surface area contributed by atoms with Gasteiger partial charge in [0.1, 0.15) is 6.54 Å². The minimum absolute atomic E-state index is 0.0759. The third-order valence-corrected chi connectivity index (χ3v) is 9.78. The number of carbonyl (C=O) groups excluding carboxylic acids is 2. The highest BCUT2D eigenvalue weighted by Gasteiger charge is 2.58. The number of piperazine rings is 1. The van der Waals surface area contributed by atoms with Crippen LogP contribution in [0.2, 0.25) is 0 Å². The van der Waals surface area contributed by atoms with Crippen molar-refractivity contribution in [3.05, 3.63) is 59.7 Å². The molecule has 2 fully saturated rings. The van der Waals surface area contributed by atoms with Crippen LogP contribution in [-0.2, 0) is 16.0 Å². The molecule has 3 aliphatic rings. The third kappa shape index (κ3) is 3.52. The molecule has 2 aromatic rings. The van der Waals surface area contributed by atoms with Crippen LogP contribution in [0, 0.1) is 16.7 Å². The number of nitrogens with zero attached hydrogens (tertiary/aromatic N) is 3. The lowest BCUT2D eigenvalue weighted by atomic mass is 9.79. The van der Waals surface area contributed by atoms with E-state index in [-0.39, 0.29) is 25.2 Å². The summed E-state index contributed by atoms with van der Waals surface area (Å²) in [5.74, 6) is 1.41. The van der Waals surface area contributed by atoms with Gasteiger partial charge in [0.15, 0.2) is 16.4 Å². The van der Waals surface area contributed by atoms with Gasteiger partial charge in [-0.2, -0.15) is 5.26 Å². The zero-order valence-corrected chi connectivity index (χ0v) is 19.9. The van der Waals surface area contributed by atoms with Crippen LogP contribution in [0.5, 0.6) is 11.5 Å². The summed E-state index contributed by atoms with van der Waals surface area (Å²) in [6, 6.07) is 17.1. The summed E-state index contributed by atoms with van der Waals surface area (Å²) < 4.78 is 11.0. The fourth-order valence-electron chi connectivity index (χ4n) is 4.69. The highest BCUT2D eigenvalue weighted by molar-refractivity contribution is 8.77. The van der Waals surface area contributed by atoms with Crippen molar-refractivity contribution >= 4 is 33.4 Å². The van der Waals surface area contributed by atoms with Crippen molar-refractivity contribution in [2.45, 2.75) is 24.3 Å². The molecule has 0 aromatic heterocycles. The number of amides is 2. The zero-order chi connectivity index (χ0) is 23.2. The molecular weight excluding hydrogens is 458 g/mol. The predicted molar refractivity (Wildman–Crippen MR) is 126 cm³/mol. The molecule has 9 heteroatoms. The minimum Gasteiger partial charge on any atom is -0.454 e. The summed E-state index contributed by atoms with van der Waals surface area (Å²) in [5, 5.41) is 10.2. The van der Waals surface area contributed by atoms with Crippen LogP contribution < -0.4 is 9.47 Å². The topological polar surface area (TPSA) is 82.9 Å². The third-order valence-electron chi connectivity index (χ3n) is 6.54. The van der Waals surface area contributed by atoms with E-state index in [4.69, 9.17) is 9.47 Å². The van der Waals surface area contributed by atoms with Gasteiger partial charge in [-0.15, -0.1) is 0 Å². The van der Waals surface area contributed by atoms with Gasteiger partial charge < -0.3 is 19.3 Å². The fraction of sp³-hybridized carbons (Fsp3) is 0.375. The molecule has 2 bridgehead atoms. The van der Waals surface area contributed by atoms with Crippen molar-refractivity contribution in [2.75, 3.05) is 26.1 Å². The van der Waals surface area contributed by atoms with E-state index in [0.29, 0.717) is 23.7 Å². The second-order valence-corrected chi connectivity index (χ2v) is 11.3. The number of hydrogen-bond donors (Lipinski definition) is 0. The average Bonchev–Trinajstić information content (AvgIpc) is 3.29. The summed E-state index contributed by atoms with van der Waals surface area (Å²) in [5.41, 5.74) is 0.828. The molecule has 3 heterocycles. The molecule has 1 unspecified atom stereocenters. The maximum Gasteiger partial charge on any atom is 0.261 e. The lowest BCUT2D eigenvalue weighted by molar-refractivity contribution is -0.160. The van der Waals surface area contributed by atoms with E-state index in [0.717, 1.165) is 11.1 Å². The highest BCUT2D eigenvalue weighted by Crippen LogP contribution is 2.54. The number of rotatable bonds is 3. The molecular formula is C24H23N3O4S2. The summed E-state index contributed by atoms with van der Waals surface area (Å²) >= 11 is 0. The Morgan fingerprint density at radius 3 is 2.67 bits per heavy atom. The fourth-order valence-corrected chi connectivity index (χ4v) is 8.26. The van der Waals surface area contributed by atoms with E-state index < -0.39 is 16.3 Å². The number of ether oxygens (including phenoxy) is 2. The molecule has 170 valence electrons. The Morgan fingerprint density at radius 2 is 1.91 bits per heavy atom. The monoisotopic (exact) mass is 481 g/mol. The number of hydrogen-bond acceptors (Lipinski definition) is 7. The van der Waals surface area contributed by atoms with E-state index in [2.05, 4.69) is 6.07 Å². The van der Waals surface area contributed by atoms with Gasteiger partial charge in [-0.1, -0.05) is 58.0 Å². The molecule has 0 spiro atoms. The second kappa shape index (κ2) is 8.19. The first kappa shape index (κ1) is 22.0. The van der Waals surface area contributed by atoms with Gasteiger partial charge in [-0.3, -0.25) is 9.59 Å². The Morgan fingerprint density at radius 1 is 1.15 bits per heavy atom. The van der Waals surface area contributed by atoms with E-state index in [1.807, 2.05) is 49.4 Å². The first-order valence-corrected chi connectivity index (χ1v) is 12.9. The van der Waals surface area contributed by atoms with Gasteiger partial charge in [0.05, 0.1) is 17.5 Å². The summed E-state index contributed by atoms with van der Waals surface area (Å²) in [4.78, 5) is 29.6. The molecule has 7 nitrogen and oxygen atoms in total. The summed E-state index contributed by atoms with van der Waals surface area (Å²) in [7, 11) is 4.57. The molecule has 33 heavy (non-hydrogen) atoms. The smallest absolute Gasteiger partial charge is 0.261 e. The lowest BCUT2D eigenvalue weighted by Crippen LogP contribution is -2.68. The van der Waals surface area contributed by atoms with Crippen LogP contribution >= 0.6 is 21.6 Å². The largest absolute Gasteiger partial charge is 0.454 e. The maximum atomic E-state index is 14.2. The summed E-state index contributed by atoms with van der Waals surface area (Å²) in [6.45, 7) is 1.92. The Balaban J connectivity index is 1.63. The Hall–Kier alpha value is -2.83. The normalized spacial score (nSPS) is 28.8. The molecule has 0 aliphatic carbocycles. The number of nitriles is 1. The van der Waals surface area contributed by atoms with Gasteiger partial charge >= 0.3 is 0 Å². The van der Waals surface area contributed by atoms with E-state index in [9.17, 15) is 14.9 Å². The molecule has 2 amide bonds. The van der Waals surface area contributed by atoms with Gasteiger partial charge in [0.25, 0.3) is 5.91 Å². The highest BCUT2D eigenvalue weighted by atomic mass is 33.1. The van der Waals surface area contributed by atoms with Crippen molar-refractivity contribution in [1.29, 1.82) is 5.26 Å². The molecule has 2 aromatic carbocycles. The maximum absolute atomic E-state index is 14.2. The Kier molecular flexibility index (Phi) is 5.46. The minimum atomic E-state index is -1.09. The van der Waals surface area contributed by atoms with E-state index >= 15 is 0 Å². The Bertz CT molecular complexity index is 1150. The molecule has 2 saturated heterocycles. The summed E-state index contributed by atoms with van der Waals surface area (Å²) in [6.07, 6.45) is 0.389. The van der Waals surface area contributed by atoms with E-state index in [1.165, 1.54) is 21.6 Å². The van der Waals surface area contributed by atoms with Gasteiger partial charge in [0.2, 0.25) is 12.7 Å². The van der Waals surface area contributed by atoms with Crippen LogP contribution in [0.1, 0.15) is 24.1 Å². The van der Waals surface area contributed by atoms with Crippen molar-refractivity contribution in [1.82, 2.24) is 9.80 Å². The van der Waals surface area contributed by atoms with Crippen LogP contribution in [0.4, 0.5) is 0 Å². The number of likely N-dealkylation sites (N-methyl/N-ethyl adjacent to an activating group) is 1. The zero-order valence-electron chi connectivity index (χ0n) is 18.3. The van der Waals surface area contributed by atoms with Crippen LogP contribution in [0.3, 0.4) is 0 Å². The first-order chi connectivity index (χ1) is 15.9. The number of benzene rings is 2. The molecule has 0 saturated carbocycles. The van der Waals surface area contributed by atoms with Gasteiger partial charge in [-0.25, -0.2) is 0 Å². The van der Waals surface area contributed by atoms with Crippen LogP contribution in [0.15, 0.2) is 48.5 Å². The number of carbonyl (C=O) groups is 2. The first-order valence-electron chi connectivity index (χ1n) is 10.6. The SMILES string of the molecule is CN1C(=O)CN2C(=O)[C@@]1(Cc1ccccc1)SSC[C@](C)(C#N)C2c1ccc2c(c1)OCO2. The molecule has 5 rings (SSSR count). The lowest BCUT2D eigenvalue weighted by Gasteiger charge is -2.53. The van der Waals surface area contributed by atoms with Crippen molar-refractivity contribution in [3.63, 3.8) is 0 Å². The average molecular weight is 482 g/mol. The van der Waals surface area contributed by atoms with Crippen LogP contribution in [-0.4, -0.2) is 52.6 Å². The van der Waals surface area contributed by atoms with Crippen molar-refractivity contribution < 1.29 is 19.1 Å². The molecule has 3 aliphatic heterocycles. The molecule has 0 radical (unpaired) electrons. The Labute approximate surface area is 200 Å². The number of fused-ring (bicyclic) bond motifs is 3.